The number of hydrogen-bond acceptors (Lipinski definition) is 5. The number of aliphatic carboxylic acids is 1. The molecule has 1 rings (SSSR count). The molecule has 0 aliphatic heterocycles. The van der Waals surface area contributed by atoms with Crippen LogP contribution in [0, 0.1) is 11.3 Å². The number of hydrogen-bond donors (Lipinski definition) is 1. The minimum Gasteiger partial charge on any atom is -0.480 e. The van der Waals surface area contributed by atoms with Crippen molar-refractivity contribution in [1.82, 2.24) is 4.98 Å². The summed E-state index contributed by atoms with van der Waals surface area (Å²) in [7, 11) is -3.76. The minimum atomic E-state index is -3.76. The third-order valence-electron chi connectivity index (χ3n) is 1.72. The van der Waals surface area contributed by atoms with Crippen molar-refractivity contribution in [2.24, 2.45) is 0 Å². The van der Waals surface area contributed by atoms with Crippen LogP contribution in [-0.2, 0) is 20.4 Å². The number of aromatic nitrogens is 1. The highest BCUT2D eigenvalue weighted by Crippen LogP contribution is 2.09. The summed E-state index contributed by atoms with van der Waals surface area (Å²) in [6, 6.07) is 4.68. The fourth-order valence-electron chi connectivity index (χ4n) is 1.13. The first-order valence-corrected chi connectivity index (χ1v) is 6.03. The van der Waals surface area contributed by atoms with Crippen LogP contribution in [0.5, 0.6) is 0 Å². The van der Waals surface area contributed by atoms with Crippen LogP contribution in [0.2, 0.25) is 0 Å². The van der Waals surface area contributed by atoms with Crippen LogP contribution < -0.4 is 0 Å². The Bertz CT molecular complexity index is 545. The van der Waals surface area contributed by atoms with Gasteiger partial charge in [-0.3, -0.25) is 4.79 Å². The summed E-state index contributed by atoms with van der Waals surface area (Å²) in [4.78, 5) is 14.0. The highest BCUT2D eigenvalue weighted by molar-refractivity contribution is 7.91. The lowest BCUT2D eigenvalue weighted by molar-refractivity contribution is -0.134. The lowest BCUT2D eigenvalue weighted by Crippen LogP contribution is -2.17. The highest BCUT2D eigenvalue weighted by Gasteiger charge is 2.18. The van der Waals surface area contributed by atoms with E-state index in [4.69, 9.17) is 10.4 Å². The summed E-state index contributed by atoms with van der Waals surface area (Å²) in [5.74, 6) is -2.86. The summed E-state index contributed by atoms with van der Waals surface area (Å²) in [6.45, 7) is 0. The van der Waals surface area contributed by atoms with Crippen molar-refractivity contribution in [1.29, 1.82) is 5.26 Å². The van der Waals surface area contributed by atoms with E-state index in [1.54, 1.807) is 6.07 Å². The third-order valence-corrected chi connectivity index (χ3v) is 3.15. The molecule has 0 bridgehead atoms. The molecule has 1 heterocycles. The van der Waals surface area contributed by atoms with Crippen molar-refractivity contribution in [3.63, 3.8) is 0 Å². The molecule has 7 heteroatoms. The maximum atomic E-state index is 11.4. The van der Waals surface area contributed by atoms with Gasteiger partial charge in [0.05, 0.1) is 5.75 Å². The molecule has 16 heavy (non-hydrogen) atoms. The van der Waals surface area contributed by atoms with Gasteiger partial charge in [-0.05, 0) is 6.07 Å². The molecule has 0 fully saturated rings. The van der Waals surface area contributed by atoms with Crippen LogP contribution in [-0.4, -0.2) is 30.2 Å². The summed E-state index contributed by atoms with van der Waals surface area (Å²) < 4.78 is 22.7. The van der Waals surface area contributed by atoms with Gasteiger partial charge in [0.1, 0.15) is 17.5 Å². The van der Waals surface area contributed by atoms with Gasteiger partial charge < -0.3 is 5.11 Å². The Kier molecular flexibility index (Phi) is 3.58. The zero-order chi connectivity index (χ0) is 12.2. The molecule has 0 aliphatic carbocycles. The van der Waals surface area contributed by atoms with E-state index in [2.05, 4.69) is 4.98 Å². The fraction of sp³-hybridized carbons (Fsp3) is 0.222. The summed E-state index contributed by atoms with van der Waals surface area (Å²) in [6.07, 6.45) is 1.37. The summed E-state index contributed by atoms with van der Waals surface area (Å²) in [5, 5.41) is 17.1. The lowest BCUT2D eigenvalue weighted by atomic mass is 10.2. The maximum absolute atomic E-state index is 11.4. The van der Waals surface area contributed by atoms with Gasteiger partial charge in [-0.15, -0.1) is 0 Å². The molecule has 0 spiro atoms. The largest absolute Gasteiger partial charge is 0.480 e. The normalized spacial score (nSPS) is 10.7. The van der Waals surface area contributed by atoms with Gasteiger partial charge in [-0.1, -0.05) is 6.07 Å². The van der Waals surface area contributed by atoms with E-state index < -0.39 is 27.3 Å². The molecule has 0 saturated heterocycles. The maximum Gasteiger partial charge on any atom is 0.318 e. The molecule has 0 aliphatic rings. The molecule has 6 nitrogen and oxygen atoms in total. The molecule has 0 amide bonds. The number of carbonyl (C=O) groups is 1. The van der Waals surface area contributed by atoms with Crippen molar-refractivity contribution < 1.29 is 18.3 Å². The number of pyridine rings is 1. The van der Waals surface area contributed by atoms with Gasteiger partial charge >= 0.3 is 5.97 Å². The number of sulfone groups is 1. The summed E-state index contributed by atoms with van der Waals surface area (Å²) >= 11 is 0. The standard InChI is InChI=1S/C9H8N2O4S/c10-4-8-7(2-1-3-11-8)5-16(14,15)6-9(12)13/h1-3H,5-6H2,(H,12,13). The molecule has 1 aromatic heterocycles. The van der Waals surface area contributed by atoms with Crippen molar-refractivity contribution in [2.75, 3.05) is 5.75 Å². The Morgan fingerprint density at radius 1 is 1.56 bits per heavy atom. The van der Waals surface area contributed by atoms with Gasteiger partial charge in [0.2, 0.25) is 0 Å². The highest BCUT2D eigenvalue weighted by atomic mass is 32.2. The van der Waals surface area contributed by atoms with Crippen LogP contribution in [0.3, 0.4) is 0 Å². The van der Waals surface area contributed by atoms with E-state index in [9.17, 15) is 13.2 Å². The third kappa shape index (κ3) is 3.33. The second kappa shape index (κ2) is 4.72. The molecular weight excluding hydrogens is 232 g/mol. The molecule has 0 aromatic carbocycles. The van der Waals surface area contributed by atoms with Gasteiger partial charge in [-0.2, -0.15) is 5.26 Å². The Balaban J connectivity index is 2.98. The first kappa shape index (κ1) is 12.1. The van der Waals surface area contributed by atoms with Crippen molar-refractivity contribution >= 4 is 15.8 Å². The van der Waals surface area contributed by atoms with E-state index in [1.165, 1.54) is 18.3 Å². The molecule has 84 valence electrons. The smallest absolute Gasteiger partial charge is 0.318 e. The van der Waals surface area contributed by atoms with E-state index in [0.717, 1.165) is 0 Å². The van der Waals surface area contributed by atoms with Crippen molar-refractivity contribution in [3.05, 3.63) is 29.6 Å². The van der Waals surface area contributed by atoms with Gasteiger partial charge in [-0.25, -0.2) is 13.4 Å². The predicted octanol–water partition coefficient (Wildman–Crippen LogP) is -0.0473. The second-order valence-corrected chi connectivity index (χ2v) is 5.11. The van der Waals surface area contributed by atoms with Crippen LogP contribution in [0.1, 0.15) is 11.3 Å². The number of carboxylic acid groups (broad SMARTS) is 1. The molecule has 1 N–H and O–H groups in total. The van der Waals surface area contributed by atoms with E-state index >= 15 is 0 Å². The van der Waals surface area contributed by atoms with E-state index in [1.807, 2.05) is 0 Å². The quantitative estimate of drug-likeness (QED) is 0.790. The molecule has 0 atom stereocenters. The Morgan fingerprint density at radius 3 is 2.81 bits per heavy atom. The van der Waals surface area contributed by atoms with Crippen LogP contribution in [0.4, 0.5) is 0 Å². The van der Waals surface area contributed by atoms with Crippen LogP contribution in [0.15, 0.2) is 18.3 Å². The SMILES string of the molecule is N#Cc1ncccc1CS(=O)(=O)CC(=O)O. The van der Waals surface area contributed by atoms with Gasteiger partial charge in [0.25, 0.3) is 0 Å². The molecule has 0 radical (unpaired) electrons. The average Bonchev–Trinajstić information content (AvgIpc) is 2.15. The zero-order valence-electron chi connectivity index (χ0n) is 8.12. The average molecular weight is 240 g/mol. The second-order valence-electron chi connectivity index (χ2n) is 3.05. The minimum absolute atomic E-state index is 0.00327. The Hall–Kier alpha value is -1.94. The topological polar surface area (TPSA) is 108 Å². The van der Waals surface area contributed by atoms with Crippen molar-refractivity contribution in [2.45, 2.75) is 5.75 Å². The number of nitrogens with zero attached hydrogens (tertiary/aromatic N) is 2. The van der Waals surface area contributed by atoms with Crippen LogP contribution in [0.25, 0.3) is 0 Å². The van der Waals surface area contributed by atoms with E-state index in [-0.39, 0.29) is 11.3 Å². The first-order valence-electron chi connectivity index (χ1n) is 4.21. The zero-order valence-corrected chi connectivity index (χ0v) is 8.94. The molecule has 0 unspecified atom stereocenters. The first-order chi connectivity index (χ1) is 7.44. The number of rotatable bonds is 4. The monoisotopic (exact) mass is 240 g/mol. The Morgan fingerprint density at radius 2 is 2.25 bits per heavy atom. The fourth-order valence-corrected chi connectivity index (χ4v) is 2.32. The van der Waals surface area contributed by atoms with Gasteiger partial charge in [0.15, 0.2) is 9.84 Å². The predicted molar refractivity (Wildman–Crippen MR) is 54.1 cm³/mol. The molecule has 0 saturated carbocycles. The van der Waals surface area contributed by atoms with E-state index in [0.29, 0.717) is 0 Å². The molecular formula is C9H8N2O4S. The van der Waals surface area contributed by atoms with Crippen LogP contribution >= 0.6 is 0 Å². The lowest BCUT2D eigenvalue weighted by Gasteiger charge is -2.02. The Labute approximate surface area is 92.1 Å². The van der Waals surface area contributed by atoms with Gasteiger partial charge in [0, 0.05) is 11.8 Å². The van der Waals surface area contributed by atoms with Crippen molar-refractivity contribution in [3.8, 4) is 6.07 Å². The number of carboxylic acids is 1. The summed E-state index contributed by atoms with van der Waals surface area (Å²) in [5.41, 5.74) is 0.211. The molecule has 1 aromatic rings. The number of nitriles is 1.